The summed E-state index contributed by atoms with van der Waals surface area (Å²) in [6.07, 6.45) is 0.583. The summed E-state index contributed by atoms with van der Waals surface area (Å²) in [7, 11) is 2.82. The van der Waals surface area contributed by atoms with Crippen molar-refractivity contribution in [2.24, 2.45) is 0 Å². The Hall–Kier alpha value is -3.13. The van der Waals surface area contributed by atoms with Crippen molar-refractivity contribution in [3.63, 3.8) is 0 Å². The molecule has 2 rings (SSSR count). The summed E-state index contributed by atoms with van der Waals surface area (Å²) in [6, 6.07) is 6.08. The summed E-state index contributed by atoms with van der Waals surface area (Å²) in [5.74, 6) is -0.512. The molecular formula is C24H32N2O6. The monoisotopic (exact) mass is 444 g/mol. The van der Waals surface area contributed by atoms with Crippen LogP contribution in [0.3, 0.4) is 0 Å². The first-order valence-corrected chi connectivity index (χ1v) is 10.6. The van der Waals surface area contributed by atoms with E-state index in [1.807, 2.05) is 6.92 Å². The Bertz CT molecular complexity index is 965. The molecule has 0 fully saturated rings. The molecule has 0 aliphatic rings. The largest absolute Gasteiger partial charge is 0.497 e. The molecule has 1 aromatic carbocycles. The molecule has 1 amide bonds. The molecule has 8 nitrogen and oxygen atoms in total. The van der Waals surface area contributed by atoms with Crippen LogP contribution >= 0.6 is 0 Å². The van der Waals surface area contributed by atoms with Gasteiger partial charge in [0, 0.05) is 36.6 Å². The summed E-state index contributed by atoms with van der Waals surface area (Å²) in [6.45, 7) is 8.42. The lowest BCUT2D eigenvalue weighted by molar-refractivity contribution is 0.0588. The van der Waals surface area contributed by atoms with Gasteiger partial charge in [0.05, 0.1) is 20.3 Å². The molecule has 2 aromatic rings. The smallest absolute Gasteiger partial charge is 0.354 e. The molecule has 0 spiro atoms. The first kappa shape index (κ1) is 25.1. The molecule has 1 unspecified atom stereocenters. The van der Waals surface area contributed by atoms with Gasteiger partial charge in [0.25, 0.3) is 5.91 Å². The number of aromatic nitrogens is 1. The zero-order valence-corrected chi connectivity index (χ0v) is 19.6. The summed E-state index contributed by atoms with van der Waals surface area (Å²) in [5.41, 5.74) is 2.13. The standard InChI is InChI=1S/C24H32N2O6/c1-7-32-13-9-12-26(23(28)18-10-8-11-19(14-18)30-5)17(4)22(27)20-15(2)21(24(29)31-6)25-16(20)3/h8,10-11,14,17,25H,7,9,12-13H2,1-6H3. The number of ether oxygens (including phenoxy) is 3. The van der Waals surface area contributed by atoms with Crippen molar-refractivity contribution >= 4 is 17.7 Å². The Labute approximate surface area is 188 Å². The number of aryl methyl sites for hydroxylation is 1. The van der Waals surface area contributed by atoms with Crippen LogP contribution in [0, 0.1) is 13.8 Å². The van der Waals surface area contributed by atoms with Crippen LogP contribution in [0.5, 0.6) is 5.75 Å². The molecule has 1 heterocycles. The van der Waals surface area contributed by atoms with Crippen molar-refractivity contribution in [3.8, 4) is 5.75 Å². The maximum Gasteiger partial charge on any atom is 0.354 e. The number of ketones is 1. The molecule has 0 aliphatic heterocycles. The Kier molecular flexibility index (Phi) is 9.02. The third-order valence-corrected chi connectivity index (χ3v) is 5.39. The molecule has 1 N–H and O–H groups in total. The zero-order chi connectivity index (χ0) is 23.8. The maximum atomic E-state index is 13.5. The van der Waals surface area contributed by atoms with Gasteiger partial charge in [-0.2, -0.15) is 0 Å². The lowest BCUT2D eigenvalue weighted by Gasteiger charge is -2.29. The van der Waals surface area contributed by atoms with Crippen molar-refractivity contribution in [1.82, 2.24) is 9.88 Å². The van der Waals surface area contributed by atoms with Gasteiger partial charge in [-0.15, -0.1) is 0 Å². The maximum absolute atomic E-state index is 13.5. The van der Waals surface area contributed by atoms with Crippen molar-refractivity contribution in [2.75, 3.05) is 34.0 Å². The predicted octanol–water partition coefficient (Wildman–Crippen LogP) is 3.57. The van der Waals surface area contributed by atoms with Gasteiger partial charge in [-0.1, -0.05) is 6.07 Å². The average molecular weight is 445 g/mol. The molecule has 1 atom stereocenters. The fourth-order valence-corrected chi connectivity index (χ4v) is 3.65. The van der Waals surface area contributed by atoms with Gasteiger partial charge in [-0.25, -0.2) is 4.79 Å². The number of nitrogens with one attached hydrogen (secondary N) is 1. The molecule has 0 aliphatic carbocycles. The fourth-order valence-electron chi connectivity index (χ4n) is 3.65. The van der Waals surface area contributed by atoms with Crippen LogP contribution in [0.15, 0.2) is 24.3 Å². The topological polar surface area (TPSA) is 97.9 Å². The summed E-state index contributed by atoms with van der Waals surface area (Å²) >= 11 is 0. The fraction of sp³-hybridized carbons (Fsp3) is 0.458. The quantitative estimate of drug-likeness (QED) is 0.323. The molecule has 32 heavy (non-hydrogen) atoms. The second kappa shape index (κ2) is 11.5. The van der Waals surface area contributed by atoms with Crippen molar-refractivity contribution < 1.29 is 28.6 Å². The van der Waals surface area contributed by atoms with Gasteiger partial charge in [0.15, 0.2) is 5.78 Å². The van der Waals surface area contributed by atoms with E-state index in [9.17, 15) is 14.4 Å². The number of esters is 1. The van der Waals surface area contributed by atoms with Crippen LogP contribution in [-0.4, -0.2) is 67.6 Å². The number of amides is 1. The Morgan fingerprint density at radius 1 is 1.16 bits per heavy atom. The minimum Gasteiger partial charge on any atom is -0.497 e. The van der Waals surface area contributed by atoms with E-state index in [1.54, 1.807) is 49.9 Å². The van der Waals surface area contributed by atoms with E-state index < -0.39 is 12.0 Å². The second-order valence-corrected chi connectivity index (χ2v) is 7.44. The number of carbonyl (C=O) groups excluding carboxylic acids is 3. The SMILES string of the molecule is CCOCCCN(C(=O)c1cccc(OC)c1)C(C)C(=O)c1c(C)[nH]c(C(=O)OC)c1C. The van der Waals surface area contributed by atoms with Crippen molar-refractivity contribution in [3.05, 3.63) is 52.3 Å². The highest BCUT2D eigenvalue weighted by Crippen LogP contribution is 2.23. The lowest BCUT2D eigenvalue weighted by atomic mass is 9.99. The van der Waals surface area contributed by atoms with Gasteiger partial charge in [0.1, 0.15) is 11.4 Å². The van der Waals surface area contributed by atoms with E-state index in [-0.39, 0.29) is 17.4 Å². The van der Waals surface area contributed by atoms with Gasteiger partial charge in [0.2, 0.25) is 0 Å². The van der Waals surface area contributed by atoms with Gasteiger partial charge < -0.3 is 24.1 Å². The minimum absolute atomic E-state index is 0.238. The van der Waals surface area contributed by atoms with Crippen LogP contribution in [0.1, 0.15) is 62.7 Å². The zero-order valence-electron chi connectivity index (χ0n) is 19.6. The molecule has 8 heteroatoms. The van der Waals surface area contributed by atoms with E-state index >= 15 is 0 Å². The van der Waals surface area contributed by atoms with Crippen LogP contribution in [-0.2, 0) is 9.47 Å². The number of hydrogen-bond acceptors (Lipinski definition) is 6. The van der Waals surface area contributed by atoms with Crippen molar-refractivity contribution in [1.29, 1.82) is 0 Å². The summed E-state index contributed by atoms with van der Waals surface area (Å²) in [5, 5.41) is 0. The first-order valence-electron chi connectivity index (χ1n) is 10.6. The van der Waals surface area contributed by atoms with Crippen LogP contribution < -0.4 is 4.74 Å². The molecule has 0 bridgehead atoms. The Morgan fingerprint density at radius 2 is 1.88 bits per heavy atom. The summed E-state index contributed by atoms with van der Waals surface area (Å²) < 4.78 is 15.4. The Morgan fingerprint density at radius 3 is 2.50 bits per heavy atom. The number of methoxy groups -OCH3 is 2. The third kappa shape index (κ3) is 5.56. The number of benzene rings is 1. The van der Waals surface area contributed by atoms with Gasteiger partial charge >= 0.3 is 5.97 Å². The molecule has 0 radical (unpaired) electrons. The minimum atomic E-state index is -0.756. The van der Waals surface area contributed by atoms with E-state index in [1.165, 1.54) is 14.2 Å². The average Bonchev–Trinajstić information content (AvgIpc) is 3.11. The number of Topliss-reactive ketones (excluding diaryl/α,β-unsaturated/α-hetero) is 1. The van der Waals surface area contributed by atoms with Gasteiger partial charge in [-0.05, 0) is 57.9 Å². The molecule has 0 saturated heterocycles. The Balaban J connectivity index is 2.38. The van der Waals surface area contributed by atoms with Crippen LogP contribution in [0.2, 0.25) is 0 Å². The second-order valence-electron chi connectivity index (χ2n) is 7.44. The van der Waals surface area contributed by atoms with E-state index in [4.69, 9.17) is 14.2 Å². The van der Waals surface area contributed by atoms with Gasteiger partial charge in [-0.3, -0.25) is 9.59 Å². The van der Waals surface area contributed by atoms with E-state index in [0.29, 0.717) is 54.3 Å². The highest BCUT2D eigenvalue weighted by molar-refractivity contribution is 6.07. The van der Waals surface area contributed by atoms with Crippen LogP contribution in [0.4, 0.5) is 0 Å². The molecule has 1 aromatic heterocycles. The number of nitrogens with zero attached hydrogens (tertiary/aromatic N) is 1. The van der Waals surface area contributed by atoms with E-state index in [2.05, 4.69) is 4.98 Å². The number of aromatic amines is 1. The first-order chi connectivity index (χ1) is 15.3. The number of H-pyrrole nitrogens is 1. The van der Waals surface area contributed by atoms with Crippen molar-refractivity contribution in [2.45, 2.75) is 40.2 Å². The molecule has 174 valence electrons. The summed E-state index contributed by atoms with van der Waals surface area (Å²) in [4.78, 5) is 43.4. The predicted molar refractivity (Wildman–Crippen MR) is 121 cm³/mol. The van der Waals surface area contributed by atoms with E-state index in [0.717, 1.165) is 0 Å². The highest BCUT2D eigenvalue weighted by Gasteiger charge is 2.31. The molecule has 0 saturated carbocycles. The number of rotatable bonds is 11. The van der Waals surface area contributed by atoms with Crippen LogP contribution in [0.25, 0.3) is 0 Å². The number of hydrogen-bond donors (Lipinski definition) is 1. The normalized spacial score (nSPS) is 11.7. The highest BCUT2D eigenvalue weighted by atomic mass is 16.5. The lowest BCUT2D eigenvalue weighted by Crippen LogP contribution is -2.44. The third-order valence-electron chi connectivity index (χ3n) is 5.39. The number of carbonyl (C=O) groups is 3. The molecular weight excluding hydrogens is 412 g/mol.